The number of carbonyl (C=O) groups excluding carboxylic acids is 2. The Balaban J connectivity index is 2.78. The number of ether oxygens (including phenoxy) is 1. The Morgan fingerprint density at radius 1 is 1.39 bits per heavy atom. The Kier molecular flexibility index (Phi) is 6.37. The molecule has 0 aromatic carbocycles. The van der Waals surface area contributed by atoms with Crippen molar-refractivity contribution in [2.75, 3.05) is 6.54 Å². The van der Waals surface area contributed by atoms with E-state index in [4.69, 9.17) is 15.1 Å². The summed E-state index contributed by atoms with van der Waals surface area (Å²) in [7, 11) is 0. The molecule has 0 aromatic rings. The lowest BCUT2D eigenvalue weighted by Crippen LogP contribution is -2.51. The second-order valence-electron chi connectivity index (χ2n) is 6.47. The first-order valence-electron chi connectivity index (χ1n) is 7.53. The van der Waals surface area contributed by atoms with E-state index in [0.29, 0.717) is 0 Å². The highest BCUT2D eigenvalue weighted by Gasteiger charge is 2.37. The largest absolute Gasteiger partial charge is 0.481 e. The van der Waals surface area contributed by atoms with Gasteiger partial charge in [-0.05, 0) is 33.6 Å². The number of nitrogens with one attached hydrogen (secondary N) is 1. The van der Waals surface area contributed by atoms with Crippen LogP contribution >= 0.6 is 0 Å². The molecule has 0 unspecified atom stereocenters. The van der Waals surface area contributed by atoms with Crippen LogP contribution in [0.3, 0.4) is 0 Å². The van der Waals surface area contributed by atoms with E-state index in [2.05, 4.69) is 5.32 Å². The summed E-state index contributed by atoms with van der Waals surface area (Å²) < 4.78 is 5.07. The minimum atomic E-state index is -1.21. The molecular formula is C15H23N3O5. The molecule has 0 radical (unpaired) electrons. The summed E-state index contributed by atoms with van der Waals surface area (Å²) in [6.45, 7) is 5.24. The molecule has 0 saturated heterocycles. The molecule has 0 aliphatic heterocycles. The Morgan fingerprint density at radius 2 is 2.00 bits per heavy atom. The van der Waals surface area contributed by atoms with Crippen LogP contribution in [-0.4, -0.2) is 52.2 Å². The van der Waals surface area contributed by atoms with Gasteiger partial charge in [0.05, 0.1) is 18.9 Å². The van der Waals surface area contributed by atoms with E-state index < -0.39 is 36.0 Å². The number of carbonyl (C=O) groups is 3. The molecule has 2 amide bonds. The summed E-state index contributed by atoms with van der Waals surface area (Å²) in [6.07, 6.45) is 0.433. The van der Waals surface area contributed by atoms with E-state index in [1.165, 1.54) is 4.90 Å². The van der Waals surface area contributed by atoms with Gasteiger partial charge >= 0.3 is 12.1 Å². The zero-order valence-electron chi connectivity index (χ0n) is 13.7. The van der Waals surface area contributed by atoms with Crippen LogP contribution < -0.4 is 5.32 Å². The summed E-state index contributed by atoms with van der Waals surface area (Å²) >= 11 is 0. The number of alkyl carbamates (subject to hydrolysis) is 1. The fourth-order valence-electron chi connectivity index (χ4n) is 2.05. The zero-order valence-corrected chi connectivity index (χ0v) is 13.7. The third kappa shape index (κ3) is 7.00. The molecule has 1 aliphatic rings. The van der Waals surface area contributed by atoms with E-state index >= 15 is 0 Å². The van der Waals surface area contributed by atoms with Crippen LogP contribution in [0.25, 0.3) is 0 Å². The Bertz CT molecular complexity index is 502. The van der Waals surface area contributed by atoms with E-state index in [1.807, 2.05) is 6.07 Å². The summed E-state index contributed by atoms with van der Waals surface area (Å²) in [6, 6.07) is 0.779. The predicted molar refractivity (Wildman–Crippen MR) is 80.4 cm³/mol. The third-order valence-electron chi connectivity index (χ3n) is 3.10. The van der Waals surface area contributed by atoms with Gasteiger partial charge in [-0.3, -0.25) is 9.59 Å². The number of rotatable bonds is 7. The maximum Gasteiger partial charge on any atom is 0.408 e. The van der Waals surface area contributed by atoms with Crippen molar-refractivity contribution in [3.8, 4) is 6.07 Å². The molecule has 23 heavy (non-hydrogen) atoms. The first-order valence-corrected chi connectivity index (χ1v) is 7.53. The summed E-state index contributed by atoms with van der Waals surface area (Å²) in [5.41, 5.74) is -0.752. The van der Waals surface area contributed by atoms with Gasteiger partial charge in [-0.15, -0.1) is 0 Å². The highest BCUT2D eigenvalue weighted by Crippen LogP contribution is 2.27. The third-order valence-corrected chi connectivity index (χ3v) is 3.10. The summed E-state index contributed by atoms with van der Waals surface area (Å²) in [5, 5.41) is 20.0. The maximum absolute atomic E-state index is 12.6. The molecular weight excluding hydrogens is 302 g/mol. The molecule has 8 heteroatoms. The molecule has 0 aromatic heterocycles. The topological polar surface area (TPSA) is 120 Å². The second-order valence-corrected chi connectivity index (χ2v) is 6.47. The van der Waals surface area contributed by atoms with E-state index in [-0.39, 0.29) is 19.0 Å². The number of nitriles is 1. The van der Waals surface area contributed by atoms with Crippen LogP contribution in [0.1, 0.15) is 46.5 Å². The second kappa shape index (κ2) is 7.81. The lowest BCUT2D eigenvalue weighted by molar-refractivity contribution is -0.142. The van der Waals surface area contributed by atoms with Gasteiger partial charge < -0.3 is 20.1 Å². The van der Waals surface area contributed by atoms with Crippen molar-refractivity contribution in [3.63, 3.8) is 0 Å². The van der Waals surface area contributed by atoms with Gasteiger partial charge in [0.2, 0.25) is 5.91 Å². The van der Waals surface area contributed by atoms with E-state index in [1.54, 1.807) is 20.8 Å². The molecule has 128 valence electrons. The van der Waals surface area contributed by atoms with Gasteiger partial charge in [0.25, 0.3) is 0 Å². The number of hydrogen-bond donors (Lipinski definition) is 2. The number of hydrogen-bond acceptors (Lipinski definition) is 5. The SMILES string of the molecule is CC(C)(C)OC(=O)N[C@@H](CC(=O)O)C(=O)N(CCC#N)C1CC1. The minimum Gasteiger partial charge on any atom is -0.481 e. The van der Waals surface area contributed by atoms with Crippen LogP contribution in [-0.2, 0) is 14.3 Å². The highest BCUT2D eigenvalue weighted by molar-refractivity contribution is 5.89. The zero-order chi connectivity index (χ0) is 17.6. The van der Waals surface area contributed by atoms with Crippen molar-refractivity contribution in [2.45, 2.75) is 64.1 Å². The van der Waals surface area contributed by atoms with Crippen molar-refractivity contribution < 1.29 is 24.2 Å². The number of carboxylic acids is 1. The van der Waals surface area contributed by atoms with Gasteiger partial charge in [-0.1, -0.05) is 0 Å². The average Bonchev–Trinajstić information content (AvgIpc) is 3.19. The minimum absolute atomic E-state index is 0.0209. The van der Waals surface area contributed by atoms with Gasteiger partial charge in [-0.2, -0.15) is 5.26 Å². The predicted octanol–water partition coefficient (Wildman–Crippen LogP) is 1.26. The molecule has 0 spiro atoms. The van der Waals surface area contributed by atoms with Crippen LogP contribution in [0.5, 0.6) is 0 Å². The molecule has 1 rings (SSSR count). The first kappa shape index (κ1) is 18.7. The van der Waals surface area contributed by atoms with Crippen LogP contribution in [0.15, 0.2) is 0 Å². The lowest BCUT2D eigenvalue weighted by Gasteiger charge is -2.27. The van der Waals surface area contributed by atoms with Crippen molar-refractivity contribution in [3.05, 3.63) is 0 Å². The smallest absolute Gasteiger partial charge is 0.408 e. The van der Waals surface area contributed by atoms with Gasteiger partial charge in [0, 0.05) is 12.6 Å². The van der Waals surface area contributed by atoms with Gasteiger partial charge in [0.15, 0.2) is 0 Å². The van der Waals surface area contributed by atoms with E-state index in [9.17, 15) is 14.4 Å². The monoisotopic (exact) mass is 325 g/mol. The summed E-state index contributed by atoms with van der Waals surface area (Å²) in [5.74, 6) is -1.69. The maximum atomic E-state index is 12.6. The number of nitrogens with zero attached hydrogens (tertiary/aromatic N) is 2. The standard InChI is InChI=1S/C15H23N3O5/c1-15(2,3)23-14(22)17-11(9-12(19)20)13(21)18(8-4-7-16)10-5-6-10/h10-11H,4-6,8-9H2,1-3H3,(H,17,22)(H,19,20)/t11-/m0/s1. The molecule has 1 aliphatic carbocycles. The first-order chi connectivity index (χ1) is 10.6. The van der Waals surface area contributed by atoms with E-state index in [0.717, 1.165) is 12.8 Å². The molecule has 2 N–H and O–H groups in total. The molecule has 1 atom stereocenters. The number of amides is 2. The van der Waals surface area contributed by atoms with Crippen LogP contribution in [0.4, 0.5) is 4.79 Å². The molecule has 0 heterocycles. The van der Waals surface area contributed by atoms with Crippen molar-refractivity contribution in [2.24, 2.45) is 0 Å². The fraction of sp³-hybridized carbons (Fsp3) is 0.733. The quantitative estimate of drug-likeness (QED) is 0.727. The van der Waals surface area contributed by atoms with Crippen LogP contribution in [0, 0.1) is 11.3 Å². The molecule has 1 saturated carbocycles. The average molecular weight is 325 g/mol. The van der Waals surface area contributed by atoms with Crippen molar-refractivity contribution >= 4 is 18.0 Å². The Morgan fingerprint density at radius 3 is 2.43 bits per heavy atom. The molecule has 8 nitrogen and oxygen atoms in total. The van der Waals surface area contributed by atoms with Crippen molar-refractivity contribution in [1.82, 2.24) is 10.2 Å². The van der Waals surface area contributed by atoms with Crippen LogP contribution in [0.2, 0.25) is 0 Å². The normalized spacial score (nSPS) is 15.2. The van der Waals surface area contributed by atoms with Crippen molar-refractivity contribution in [1.29, 1.82) is 5.26 Å². The Labute approximate surface area is 135 Å². The number of aliphatic carboxylic acids is 1. The highest BCUT2D eigenvalue weighted by atomic mass is 16.6. The van der Waals surface area contributed by atoms with Gasteiger partial charge in [-0.25, -0.2) is 4.79 Å². The molecule has 1 fully saturated rings. The summed E-state index contributed by atoms with van der Waals surface area (Å²) in [4.78, 5) is 36.8. The molecule has 0 bridgehead atoms. The van der Waals surface area contributed by atoms with Gasteiger partial charge in [0.1, 0.15) is 11.6 Å². The fourth-order valence-corrected chi connectivity index (χ4v) is 2.05. The lowest BCUT2D eigenvalue weighted by atomic mass is 10.1. The number of carboxylic acid groups (broad SMARTS) is 1. The Hall–Kier alpha value is -2.30.